The molecule has 1 rings (SSSR count). The van der Waals surface area contributed by atoms with E-state index in [0.717, 1.165) is 32.5 Å². The summed E-state index contributed by atoms with van der Waals surface area (Å²) in [4.78, 5) is 14.2. The first-order valence-electron chi connectivity index (χ1n) is 6.68. The Morgan fingerprint density at radius 1 is 1.17 bits per heavy atom. The van der Waals surface area contributed by atoms with E-state index in [1.165, 1.54) is 12.1 Å². The molecule has 0 radical (unpaired) electrons. The molecule has 100 valence electrons. The van der Waals surface area contributed by atoms with Crippen molar-refractivity contribution in [1.29, 1.82) is 0 Å². The van der Waals surface area contributed by atoms with Gasteiger partial charge in [0.25, 0.3) is 0 Å². The summed E-state index contributed by atoms with van der Waals surface area (Å²) in [5, 5.41) is 0. The van der Waals surface area contributed by atoms with E-state index in [1.54, 1.807) is 12.1 Å². The van der Waals surface area contributed by atoms with Gasteiger partial charge in [-0.3, -0.25) is 4.79 Å². The Bertz CT molecular complexity index is 373. The average molecular weight is 251 g/mol. The second-order valence-electron chi connectivity index (χ2n) is 4.53. The number of carbonyl (C=O) groups is 1. The molecule has 18 heavy (non-hydrogen) atoms. The van der Waals surface area contributed by atoms with Gasteiger partial charge >= 0.3 is 0 Å². The molecule has 0 fully saturated rings. The van der Waals surface area contributed by atoms with Crippen LogP contribution in [0.4, 0.5) is 4.39 Å². The van der Waals surface area contributed by atoms with Crippen LogP contribution >= 0.6 is 0 Å². The van der Waals surface area contributed by atoms with Gasteiger partial charge in [0.2, 0.25) is 0 Å². The van der Waals surface area contributed by atoms with Gasteiger partial charge in [0.05, 0.1) is 0 Å². The van der Waals surface area contributed by atoms with Crippen LogP contribution in [0.2, 0.25) is 0 Å². The van der Waals surface area contributed by atoms with E-state index in [2.05, 4.69) is 18.7 Å². The van der Waals surface area contributed by atoms with Crippen molar-refractivity contribution >= 4 is 5.78 Å². The van der Waals surface area contributed by atoms with Crippen molar-refractivity contribution in [3.05, 3.63) is 35.6 Å². The van der Waals surface area contributed by atoms with Crippen LogP contribution in [0.15, 0.2) is 24.3 Å². The van der Waals surface area contributed by atoms with Crippen molar-refractivity contribution in [2.45, 2.75) is 33.1 Å². The Kier molecular flexibility index (Phi) is 6.58. The van der Waals surface area contributed by atoms with Gasteiger partial charge in [0.1, 0.15) is 5.82 Å². The van der Waals surface area contributed by atoms with Crippen molar-refractivity contribution in [2.75, 3.05) is 19.6 Å². The number of hydrogen-bond donors (Lipinski definition) is 0. The third-order valence-corrected chi connectivity index (χ3v) is 2.88. The molecule has 0 atom stereocenters. The summed E-state index contributed by atoms with van der Waals surface area (Å²) in [6.45, 7) is 7.07. The largest absolute Gasteiger partial charge is 0.303 e. The third-order valence-electron chi connectivity index (χ3n) is 2.88. The molecule has 0 unspecified atom stereocenters. The molecule has 0 spiro atoms. The smallest absolute Gasteiger partial charge is 0.164 e. The first kappa shape index (κ1) is 14.8. The molecule has 1 aromatic rings. The molecule has 0 aliphatic rings. The lowest BCUT2D eigenvalue weighted by atomic mass is 10.1. The van der Waals surface area contributed by atoms with Crippen molar-refractivity contribution < 1.29 is 9.18 Å². The number of halogens is 1. The molecule has 0 bridgehead atoms. The van der Waals surface area contributed by atoms with Gasteiger partial charge in [-0.1, -0.05) is 26.0 Å². The number of Topliss-reactive ketones (excluding diaryl/α,β-unsaturated/α-hetero) is 1. The first-order chi connectivity index (χ1) is 8.67. The van der Waals surface area contributed by atoms with Crippen LogP contribution in [0, 0.1) is 5.82 Å². The van der Waals surface area contributed by atoms with Gasteiger partial charge in [-0.25, -0.2) is 4.39 Å². The molecule has 0 aliphatic carbocycles. The number of carbonyl (C=O) groups excluding carboxylic acids is 1. The molecule has 0 heterocycles. The molecule has 1 aromatic carbocycles. The number of nitrogens with zero attached hydrogens (tertiary/aromatic N) is 1. The van der Waals surface area contributed by atoms with Crippen molar-refractivity contribution in [3.63, 3.8) is 0 Å². The molecule has 0 amide bonds. The van der Waals surface area contributed by atoms with E-state index >= 15 is 0 Å². The Hall–Kier alpha value is -1.22. The summed E-state index contributed by atoms with van der Waals surface area (Å²) in [6.07, 6.45) is 2.64. The van der Waals surface area contributed by atoms with E-state index in [1.807, 2.05) is 0 Å². The van der Waals surface area contributed by atoms with Crippen LogP contribution in [-0.4, -0.2) is 30.3 Å². The Balaban J connectivity index is 2.49. The van der Waals surface area contributed by atoms with E-state index in [4.69, 9.17) is 0 Å². The predicted octanol–water partition coefficient (Wildman–Crippen LogP) is 3.52. The van der Waals surface area contributed by atoms with E-state index in [0.29, 0.717) is 12.0 Å². The lowest BCUT2D eigenvalue weighted by molar-refractivity contribution is 0.0963. The zero-order valence-corrected chi connectivity index (χ0v) is 11.3. The molecule has 0 saturated heterocycles. The van der Waals surface area contributed by atoms with Crippen LogP contribution in [0.1, 0.15) is 43.5 Å². The number of ketones is 1. The molecular weight excluding hydrogens is 229 g/mol. The van der Waals surface area contributed by atoms with Gasteiger partial charge < -0.3 is 4.90 Å². The molecule has 0 aromatic heterocycles. The molecule has 0 N–H and O–H groups in total. The zero-order chi connectivity index (χ0) is 13.4. The quantitative estimate of drug-likeness (QED) is 0.659. The highest BCUT2D eigenvalue weighted by molar-refractivity contribution is 5.96. The van der Waals surface area contributed by atoms with Crippen LogP contribution in [0.5, 0.6) is 0 Å². The van der Waals surface area contributed by atoms with Crippen molar-refractivity contribution in [2.24, 2.45) is 0 Å². The fourth-order valence-electron chi connectivity index (χ4n) is 2.03. The van der Waals surface area contributed by atoms with Gasteiger partial charge in [-0.15, -0.1) is 0 Å². The summed E-state index contributed by atoms with van der Waals surface area (Å²) >= 11 is 0. The maximum atomic E-state index is 13.0. The average Bonchev–Trinajstić information content (AvgIpc) is 2.36. The van der Waals surface area contributed by atoms with Crippen LogP contribution in [0.3, 0.4) is 0 Å². The monoisotopic (exact) mass is 251 g/mol. The number of hydrogen-bond acceptors (Lipinski definition) is 2. The molecule has 2 nitrogen and oxygen atoms in total. The standard InChI is InChI=1S/C15H22FNO/c1-3-9-17(10-4-2)11-8-15(18)13-6-5-7-14(16)12-13/h5-7,12H,3-4,8-11H2,1-2H3. The fourth-order valence-corrected chi connectivity index (χ4v) is 2.03. The Morgan fingerprint density at radius 3 is 2.39 bits per heavy atom. The van der Waals surface area contributed by atoms with Crippen LogP contribution in [-0.2, 0) is 0 Å². The minimum Gasteiger partial charge on any atom is -0.303 e. The van der Waals surface area contributed by atoms with E-state index in [9.17, 15) is 9.18 Å². The van der Waals surface area contributed by atoms with Crippen LogP contribution in [0.25, 0.3) is 0 Å². The number of rotatable bonds is 8. The summed E-state index contributed by atoms with van der Waals surface area (Å²) in [6, 6.07) is 5.93. The van der Waals surface area contributed by atoms with Crippen molar-refractivity contribution in [3.8, 4) is 0 Å². The topological polar surface area (TPSA) is 20.3 Å². The second-order valence-corrected chi connectivity index (χ2v) is 4.53. The fraction of sp³-hybridized carbons (Fsp3) is 0.533. The summed E-state index contributed by atoms with van der Waals surface area (Å²) in [5.41, 5.74) is 0.475. The minimum absolute atomic E-state index is 0.0201. The van der Waals surface area contributed by atoms with Gasteiger partial charge in [-0.05, 0) is 38.1 Å². The highest BCUT2D eigenvalue weighted by Gasteiger charge is 2.09. The maximum Gasteiger partial charge on any atom is 0.164 e. The summed E-state index contributed by atoms with van der Waals surface area (Å²) < 4.78 is 13.0. The third kappa shape index (κ3) is 4.96. The molecular formula is C15H22FNO. The Labute approximate surface area is 109 Å². The second kappa shape index (κ2) is 7.98. The normalized spacial score (nSPS) is 10.9. The van der Waals surface area contributed by atoms with Crippen molar-refractivity contribution in [1.82, 2.24) is 4.90 Å². The molecule has 0 aliphatic heterocycles. The lowest BCUT2D eigenvalue weighted by Gasteiger charge is -2.20. The SMILES string of the molecule is CCCN(CCC)CCC(=O)c1cccc(F)c1. The minimum atomic E-state index is -0.347. The molecule has 0 saturated carbocycles. The highest BCUT2D eigenvalue weighted by Crippen LogP contribution is 2.07. The van der Waals surface area contributed by atoms with Gasteiger partial charge in [-0.2, -0.15) is 0 Å². The zero-order valence-electron chi connectivity index (χ0n) is 11.3. The summed E-state index contributed by atoms with van der Waals surface area (Å²) in [7, 11) is 0. The highest BCUT2D eigenvalue weighted by atomic mass is 19.1. The van der Waals surface area contributed by atoms with E-state index < -0.39 is 0 Å². The maximum absolute atomic E-state index is 13.0. The Morgan fingerprint density at radius 2 is 1.83 bits per heavy atom. The summed E-state index contributed by atoms with van der Waals surface area (Å²) in [5.74, 6) is -0.327. The molecule has 3 heteroatoms. The first-order valence-corrected chi connectivity index (χ1v) is 6.68. The number of benzene rings is 1. The lowest BCUT2D eigenvalue weighted by Crippen LogP contribution is -2.28. The predicted molar refractivity (Wildman–Crippen MR) is 72.4 cm³/mol. The van der Waals surface area contributed by atoms with Gasteiger partial charge in [0, 0.05) is 18.5 Å². The van der Waals surface area contributed by atoms with Crippen LogP contribution < -0.4 is 0 Å². The van der Waals surface area contributed by atoms with Gasteiger partial charge in [0.15, 0.2) is 5.78 Å². The van der Waals surface area contributed by atoms with E-state index in [-0.39, 0.29) is 11.6 Å².